The highest BCUT2D eigenvalue weighted by molar-refractivity contribution is 5.80. The molecule has 1 aromatic heterocycles. The first-order valence-corrected chi connectivity index (χ1v) is 7.96. The van der Waals surface area contributed by atoms with Gasteiger partial charge in [-0.25, -0.2) is 4.68 Å². The van der Waals surface area contributed by atoms with Crippen molar-refractivity contribution < 1.29 is 22.7 Å². The van der Waals surface area contributed by atoms with Crippen LogP contribution >= 0.6 is 0 Å². The normalized spacial score (nSPS) is 13.0. The van der Waals surface area contributed by atoms with Crippen LogP contribution in [0.15, 0.2) is 48.7 Å². The fraction of sp³-hybridized carbons (Fsp3) is 0.158. The SMILES string of the molecule is O=Cc1ccc2c(c1)CCc1c-2cnn1-c1ccc(OC(F)(F)F)cc1. The first-order chi connectivity index (χ1) is 12.4. The van der Waals surface area contributed by atoms with Crippen LogP contribution in [0.1, 0.15) is 21.6 Å². The molecular weight excluding hydrogens is 345 g/mol. The molecule has 132 valence electrons. The second-order valence-corrected chi connectivity index (χ2v) is 5.99. The van der Waals surface area contributed by atoms with Crippen molar-refractivity contribution in [2.75, 3.05) is 0 Å². The molecule has 26 heavy (non-hydrogen) atoms. The molecule has 0 N–H and O–H groups in total. The van der Waals surface area contributed by atoms with E-state index in [1.54, 1.807) is 29.1 Å². The van der Waals surface area contributed by atoms with Crippen LogP contribution in [-0.4, -0.2) is 22.4 Å². The number of halogens is 3. The lowest BCUT2D eigenvalue weighted by Gasteiger charge is -2.18. The standard InChI is InChI=1S/C19H13F3N2O2/c20-19(21,22)26-15-5-3-14(4-6-15)24-18-8-2-13-9-12(11-25)1-7-16(13)17(18)10-23-24/h1,3-7,9-11H,2,8H2. The molecule has 3 aromatic rings. The van der Waals surface area contributed by atoms with Gasteiger partial charge in [0.05, 0.1) is 17.6 Å². The second-order valence-electron chi connectivity index (χ2n) is 5.99. The van der Waals surface area contributed by atoms with Crippen LogP contribution in [0.3, 0.4) is 0 Å². The lowest BCUT2D eigenvalue weighted by atomic mass is 9.89. The molecule has 1 aliphatic carbocycles. The predicted molar refractivity (Wildman–Crippen MR) is 88.5 cm³/mol. The maximum absolute atomic E-state index is 12.3. The molecule has 0 spiro atoms. The molecule has 0 unspecified atom stereocenters. The Labute approximate surface area is 146 Å². The fourth-order valence-corrected chi connectivity index (χ4v) is 3.26. The van der Waals surface area contributed by atoms with Crippen LogP contribution < -0.4 is 4.74 Å². The topological polar surface area (TPSA) is 44.1 Å². The van der Waals surface area contributed by atoms with Gasteiger partial charge >= 0.3 is 6.36 Å². The van der Waals surface area contributed by atoms with Crippen LogP contribution in [0.5, 0.6) is 5.75 Å². The van der Waals surface area contributed by atoms with E-state index >= 15 is 0 Å². The summed E-state index contributed by atoms with van der Waals surface area (Å²) in [6.45, 7) is 0. The van der Waals surface area contributed by atoms with E-state index < -0.39 is 6.36 Å². The third-order valence-corrected chi connectivity index (χ3v) is 4.37. The number of rotatable bonds is 3. The number of aryl methyl sites for hydroxylation is 1. The van der Waals surface area contributed by atoms with E-state index in [4.69, 9.17) is 0 Å². The Morgan fingerprint density at radius 3 is 2.50 bits per heavy atom. The van der Waals surface area contributed by atoms with E-state index in [-0.39, 0.29) is 5.75 Å². The number of carbonyl (C=O) groups excluding carboxylic acids is 1. The van der Waals surface area contributed by atoms with Gasteiger partial charge in [0.1, 0.15) is 12.0 Å². The van der Waals surface area contributed by atoms with Crippen LogP contribution in [0.4, 0.5) is 13.2 Å². The maximum atomic E-state index is 12.3. The monoisotopic (exact) mass is 358 g/mol. The van der Waals surface area contributed by atoms with Gasteiger partial charge in [0.25, 0.3) is 0 Å². The summed E-state index contributed by atoms with van der Waals surface area (Å²) in [7, 11) is 0. The molecule has 4 rings (SSSR count). The molecule has 0 saturated heterocycles. The summed E-state index contributed by atoms with van der Waals surface area (Å²) in [6, 6.07) is 11.2. The van der Waals surface area contributed by atoms with Crippen molar-refractivity contribution in [3.05, 3.63) is 65.5 Å². The van der Waals surface area contributed by atoms with Crippen LogP contribution in [-0.2, 0) is 12.8 Å². The molecular formula is C19H13F3N2O2. The Morgan fingerprint density at radius 1 is 1.04 bits per heavy atom. The average molecular weight is 358 g/mol. The van der Waals surface area contributed by atoms with E-state index in [2.05, 4.69) is 9.84 Å². The predicted octanol–water partition coefficient (Wildman–Crippen LogP) is 4.35. The van der Waals surface area contributed by atoms with E-state index in [1.165, 1.54) is 12.1 Å². The summed E-state index contributed by atoms with van der Waals surface area (Å²) in [5.41, 5.74) is 5.38. The van der Waals surface area contributed by atoms with Crippen molar-refractivity contribution in [3.8, 4) is 22.6 Å². The van der Waals surface area contributed by atoms with Gasteiger partial charge in [0.15, 0.2) is 0 Å². The summed E-state index contributed by atoms with van der Waals surface area (Å²) in [5, 5.41) is 4.40. The fourth-order valence-electron chi connectivity index (χ4n) is 3.26. The van der Waals surface area contributed by atoms with E-state index in [1.807, 2.05) is 12.1 Å². The molecule has 1 aliphatic rings. The van der Waals surface area contributed by atoms with Crippen LogP contribution in [0, 0.1) is 0 Å². The first kappa shape index (κ1) is 16.4. The Balaban J connectivity index is 1.68. The molecule has 0 fully saturated rings. The summed E-state index contributed by atoms with van der Waals surface area (Å²) in [5.74, 6) is -0.269. The highest BCUT2D eigenvalue weighted by atomic mass is 19.4. The molecule has 4 nitrogen and oxygen atoms in total. The molecule has 0 amide bonds. The largest absolute Gasteiger partial charge is 0.573 e. The van der Waals surface area contributed by atoms with Gasteiger partial charge in [-0.1, -0.05) is 12.1 Å². The van der Waals surface area contributed by atoms with Crippen molar-refractivity contribution in [1.82, 2.24) is 9.78 Å². The molecule has 7 heteroatoms. The number of ether oxygens (including phenoxy) is 1. The third-order valence-electron chi connectivity index (χ3n) is 4.37. The van der Waals surface area contributed by atoms with Gasteiger partial charge in [-0.3, -0.25) is 4.79 Å². The second kappa shape index (κ2) is 6.01. The van der Waals surface area contributed by atoms with Crippen molar-refractivity contribution >= 4 is 6.29 Å². The van der Waals surface area contributed by atoms with Crippen molar-refractivity contribution in [3.63, 3.8) is 0 Å². The van der Waals surface area contributed by atoms with Gasteiger partial charge in [0, 0.05) is 11.1 Å². The number of benzene rings is 2. The lowest BCUT2D eigenvalue weighted by molar-refractivity contribution is -0.274. The number of carbonyl (C=O) groups is 1. The molecule has 0 atom stereocenters. The van der Waals surface area contributed by atoms with Crippen molar-refractivity contribution in [2.24, 2.45) is 0 Å². The van der Waals surface area contributed by atoms with Gasteiger partial charge in [-0.15, -0.1) is 13.2 Å². The van der Waals surface area contributed by atoms with Crippen molar-refractivity contribution in [1.29, 1.82) is 0 Å². The Kier molecular flexibility index (Phi) is 3.79. The number of alkyl halides is 3. The zero-order valence-corrected chi connectivity index (χ0v) is 13.5. The van der Waals surface area contributed by atoms with E-state index in [0.29, 0.717) is 11.3 Å². The number of hydrogen-bond donors (Lipinski definition) is 0. The quantitative estimate of drug-likeness (QED) is 0.654. The smallest absolute Gasteiger partial charge is 0.406 e. The van der Waals surface area contributed by atoms with Crippen molar-refractivity contribution in [2.45, 2.75) is 19.2 Å². The zero-order valence-electron chi connectivity index (χ0n) is 13.5. The molecule has 0 aliphatic heterocycles. The molecule has 0 bridgehead atoms. The van der Waals surface area contributed by atoms with E-state index in [9.17, 15) is 18.0 Å². The maximum Gasteiger partial charge on any atom is 0.573 e. The van der Waals surface area contributed by atoms with Crippen LogP contribution in [0.25, 0.3) is 16.8 Å². The summed E-state index contributed by atoms with van der Waals surface area (Å²) >= 11 is 0. The number of aromatic nitrogens is 2. The number of aldehydes is 1. The van der Waals surface area contributed by atoms with Gasteiger partial charge in [0.2, 0.25) is 0 Å². The molecule has 0 radical (unpaired) electrons. The average Bonchev–Trinajstić information content (AvgIpc) is 3.05. The third kappa shape index (κ3) is 2.96. The van der Waals surface area contributed by atoms with E-state index in [0.717, 1.165) is 41.5 Å². The molecule has 0 saturated carbocycles. The van der Waals surface area contributed by atoms with Gasteiger partial charge in [-0.2, -0.15) is 5.10 Å². The minimum absolute atomic E-state index is 0.269. The van der Waals surface area contributed by atoms with Gasteiger partial charge < -0.3 is 4.74 Å². The highest BCUT2D eigenvalue weighted by Crippen LogP contribution is 2.35. The molecule has 2 aromatic carbocycles. The molecule has 1 heterocycles. The lowest BCUT2D eigenvalue weighted by Crippen LogP contribution is -2.17. The Morgan fingerprint density at radius 2 is 1.81 bits per heavy atom. The summed E-state index contributed by atoms with van der Waals surface area (Å²) < 4.78 is 42.4. The number of fused-ring (bicyclic) bond motifs is 3. The number of hydrogen-bond acceptors (Lipinski definition) is 3. The highest BCUT2D eigenvalue weighted by Gasteiger charge is 2.31. The van der Waals surface area contributed by atoms with Gasteiger partial charge in [-0.05, 0) is 54.3 Å². The minimum atomic E-state index is -4.71. The Bertz CT molecular complexity index is 975. The first-order valence-electron chi connectivity index (χ1n) is 7.96. The van der Waals surface area contributed by atoms with Crippen LogP contribution in [0.2, 0.25) is 0 Å². The Hall–Kier alpha value is -3.09. The summed E-state index contributed by atoms with van der Waals surface area (Å²) in [6.07, 6.45) is -0.648. The zero-order chi connectivity index (χ0) is 18.3. The number of nitrogens with zero attached hydrogens (tertiary/aromatic N) is 2. The summed E-state index contributed by atoms with van der Waals surface area (Å²) in [4.78, 5) is 10.9. The minimum Gasteiger partial charge on any atom is -0.406 e.